The van der Waals surface area contributed by atoms with Gasteiger partial charge in [0.1, 0.15) is 17.1 Å². The Bertz CT molecular complexity index is 412. The molecule has 1 atom stereocenters. The molecule has 1 spiro atoms. The second-order valence-corrected chi connectivity index (χ2v) is 4.85. The van der Waals surface area contributed by atoms with E-state index in [1.54, 1.807) is 7.11 Å². The Morgan fingerprint density at radius 3 is 2.88 bits per heavy atom. The first-order valence-electron chi connectivity index (χ1n) is 5.85. The van der Waals surface area contributed by atoms with Gasteiger partial charge >= 0.3 is 0 Å². The van der Waals surface area contributed by atoms with Gasteiger partial charge in [0.05, 0.1) is 7.11 Å². The molecular formula is C13H17NO2. The highest BCUT2D eigenvalue weighted by atomic mass is 16.5. The van der Waals surface area contributed by atoms with Gasteiger partial charge in [0, 0.05) is 18.0 Å². The molecular weight excluding hydrogens is 202 g/mol. The summed E-state index contributed by atoms with van der Waals surface area (Å²) in [4.78, 5) is 0. The maximum Gasteiger partial charge on any atom is 0.125 e. The summed E-state index contributed by atoms with van der Waals surface area (Å²) in [6.45, 7) is 0. The van der Waals surface area contributed by atoms with Gasteiger partial charge < -0.3 is 15.2 Å². The van der Waals surface area contributed by atoms with Crippen molar-refractivity contribution in [2.75, 3.05) is 7.11 Å². The fraction of sp³-hybridized carbons (Fsp3) is 0.538. The first-order chi connectivity index (χ1) is 7.72. The minimum absolute atomic E-state index is 0.0427. The summed E-state index contributed by atoms with van der Waals surface area (Å²) in [6, 6.07) is 5.99. The minimum Gasteiger partial charge on any atom is -0.497 e. The number of fused-ring (bicyclic) bond motifs is 1. The lowest BCUT2D eigenvalue weighted by molar-refractivity contribution is -0.0330. The number of ether oxygens (including phenoxy) is 2. The van der Waals surface area contributed by atoms with E-state index in [-0.39, 0.29) is 11.6 Å². The monoisotopic (exact) mass is 219 g/mol. The number of benzene rings is 1. The van der Waals surface area contributed by atoms with Crippen molar-refractivity contribution in [1.29, 1.82) is 0 Å². The topological polar surface area (TPSA) is 44.5 Å². The largest absolute Gasteiger partial charge is 0.497 e. The van der Waals surface area contributed by atoms with Gasteiger partial charge in [-0.3, -0.25) is 0 Å². The average molecular weight is 219 g/mol. The second kappa shape index (κ2) is 3.39. The molecule has 1 aliphatic heterocycles. The number of nitrogens with two attached hydrogens (primary N) is 1. The second-order valence-electron chi connectivity index (χ2n) is 4.85. The third-order valence-electron chi connectivity index (χ3n) is 3.80. The number of methoxy groups -OCH3 is 1. The van der Waals surface area contributed by atoms with E-state index in [1.165, 1.54) is 6.42 Å². The van der Waals surface area contributed by atoms with Crippen LogP contribution >= 0.6 is 0 Å². The average Bonchev–Trinajstić information content (AvgIpc) is 2.26. The van der Waals surface area contributed by atoms with Crippen LogP contribution in [0.25, 0.3) is 0 Å². The Morgan fingerprint density at radius 1 is 1.44 bits per heavy atom. The van der Waals surface area contributed by atoms with Gasteiger partial charge in [0.25, 0.3) is 0 Å². The molecule has 1 aliphatic carbocycles. The summed E-state index contributed by atoms with van der Waals surface area (Å²) in [5.41, 5.74) is 7.34. The molecule has 16 heavy (non-hydrogen) atoms. The quantitative estimate of drug-likeness (QED) is 0.788. The molecule has 1 aromatic rings. The molecule has 2 aliphatic rings. The highest BCUT2D eigenvalue weighted by Gasteiger charge is 2.44. The van der Waals surface area contributed by atoms with Gasteiger partial charge in [-0.15, -0.1) is 0 Å². The van der Waals surface area contributed by atoms with E-state index < -0.39 is 0 Å². The smallest absolute Gasteiger partial charge is 0.125 e. The molecule has 0 radical (unpaired) electrons. The van der Waals surface area contributed by atoms with Crippen LogP contribution in [-0.4, -0.2) is 12.7 Å². The number of hydrogen-bond donors (Lipinski definition) is 1. The van der Waals surface area contributed by atoms with Gasteiger partial charge in [-0.25, -0.2) is 0 Å². The van der Waals surface area contributed by atoms with Crippen molar-refractivity contribution in [1.82, 2.24) is 0 Å². The van der Waals surface area contributed by atoms with Crippen LogP contribution in [-0.2, 0) is 0 Å². The van der Waals surface area contributed by atoms with Gasteiger partial charge in [-0.1, -0.05) is 0 Å². The third kappa shape index (κ3) is 1.39. The van der Waals surface area contributed by atoms with Crippen LogP contribution < -0.4 is 15.2 Å². The fourth-order valence-corrected chi connectivity index (χ4v) is 2.70. The van der Waals surface area contributed by atoms with E-state index >= 15 is 0 Å². The van der Waals surface area contributed by atoms with Crippen LogP contribution in [0.4, 0.5) is 0 Å². The van der Waals surface area contributed by atoms with Crippen LogP contribution in [0.5, 0.6) is 11.5 Å². The van der Waals surface area contributed by atoms with Crippen molar-refractivity contribution in [2.24, 2.45) is 5.73 Å². The zero-order chi connectivity index (χ0) is 11.2. The van der Waals surface area contributed by atoms with Gasteiger partial charge in [-0.05, 0) is 37.5 Å². The maximum absolute atomic E-state index is 6.22. The number of rotatable bonds is 1. The molecule has 2 N–H and O–H groups in total. The van der Waals surface area contributed by atoms with E-state index in [9.17, 15) is 0 Å². The summed E-state index contributed by atoms with van der Waals surface area (Å²) in [5, 5.41) is 0. The lowest BCUT2D eigenvalue weighted by atomic mass is 9.73. The van der Waals surface area contributed by atoms with Crippen LogP contribution in [0.1, 0.15) is 37.3 Å². The van der Waals surface area contributed by atoms with Crippen LogP contribution in [0.15, 0.2) is 18.2 Å². The summed E-state index contributed by atoms with van der Waals surface area (Å²) >= 11 is 0. The van der Waals surface area contributed by atoms with Crippen molar-refractivity contribution in [2.45, 2.75) is 37.3 Å². The van der Waals surface area contributed by atoms with Gasteiger partial charge in [-0.2, -0.15) is 0 Å². The maximum atomic E-state index is 6.22. The normalized spacial score (nSPS) is 25.5. The van der Waals surface area contributed by atoms with Gasteiger partial charge in [0.15, 0.2) is 0 Å². The molecule has 1 aromatic carbocycles. The summed E-state index contributed by atoms with van der Waals surface area (Å²) < 4.78 is 11.3. The van der Waals surface area contributed by atoms with E-state index in [0.29, 0.717) is 0 Å². The standard InChI is InChI=1S/C13H17NO2/c1-15-9-3-4-12-10(7-9)11(14)8-13(16-12)5-2-6-13/h3-4,7,11H,2,5-6,8,14H2,1H3. The minimum atomic E-state index is 0.0427. The number of hydrogen-bond acceptors (Lipinski definition) is 3. The van der Waals surface area contributed by atoms with Crippen LogP contribution in [0.2, 0.25) is 0 Å². The highest BCUT2D eigenvalue weighted by Crippen LogP contribution is 2.48. The van der Waals surface area contributed by atoms with Crippen molar-refractivity contribution in [3.05, 3.63) is 23.8 Å². The van der Waals surface area contributed by atoms with Crippen molar-refractivity contribution >= 4 is 0 Å². The zero-order valence-electron chi connectivity index (χ0n) is 9.53. The molecule has 86 valence electrons. The Morgan fingerprint density at radius 2 is 2.25 bits per heavy atom. The van der Waals surface area contributed by atoms with E-state index in [2.05, 4.69) is 0 Å². The Hall–Kier alpha value is -1.22. The Labute approximate surface area is 95.5 Å². The first kappa shape index (κ1) is 9.97. The summed E-state index contributed by atoms with van der Waals surface area (Å²) in [7, 11) is 1.67. The molecule has 0 bridgehead atoms. The van der Waals surface area contributed by atoms with E-state index in [0.717, 1.165) is 36.3 Å². The molecule has 1 heterocycles. The molecule has 3 heteroatoms. The Kier molecular flexibility index (Phi) is 2.11. The lowest BCUT2D eigenvalue weighted by Gasteiger charge is -2.47. The molecule has 1 fully saturated rings. The SMILES string of the molecule is COc1ccc2c(c1)C(N)CC1(CCC1)O2. The van der Waals surface area contributed by atoms with Crippen LogP contribution in [0.3, 0.4) is 0 Å². The summed E-state index contributed by atoms with van der Waals surface area (Å²) in [6.07, 6.45) is 4.49. The molecule has 3 rings (SSSR count). The predicted molar refractivity (Wildman–Crippen MR) is 61.7 cm³/mol. The predicted octanol–water partition coefficient (Wildman–Crippen LogP) is 2.40. The van der Waals surface area contributed by atoms with Crippen LogP contribution in [0, 0.1) is 0 Å². The fourth-order valence-electron chi connectivity index (χ4n) is 2.70. The Balaban J connectivity index is 1.97. The first-order valence-corrected chi connectivity index (χ1v) is 5.85. The van der Waals surface area contributed by atoms with E-state index in [4.69, 9.17) is 15.2 Å². The van der Waals surface area contributed by atoms with Gasteiger partial charge in [0.2, 0.25) is 0 Å². The molecule has 1 saturated carbocycles. The molecule has 3 nitrogen and oxygen atoms in total. The molecule has 1 unspecified atom stereocenters. The highest BCUT2D eigenvalue weighted by molar-refractivity contribution is 5.44. The van der Waals surface area contributed by atoms with Crippen molar-refractivity contribution in [3.8, 4) is 11.5 Å². The zero-order valence-corrected chi connectivity index (χ0v) is 9.53. The third-order valence-corrected chi connectivity index (χ3v) is 3.80. The molecule has 0 aromatic heterocycles. The molecule has 0 amide bonds. The van der Waals surface area contributed by atoms with E-state index in [1.807, 2.05) is 18.2 Å². The van der Waals surface area contributed by atoms with Crippen molar-refractivity contribution in [3.63, 3.8) is 0 Å². The molecule has 0 saturated heterocycles. The lowest BCUT2D eigenvalue weighted by Crippen LogP contribution is -2.48. The summed E-state index contributed by atoms with van der Waals surface area (Å²) in [5.74, 6) is 1.79. The van der Waals surface area contributed by atoms with Crippen molar-refractivity contribution < 1.29 is 9.47 Å².